The first-order valence-electron chi connectivity index (χ1n) is 6.90. The molecule has 0 bridgehead atoms. The van der Waals surface area contributed by atoms with Gasteiger partial charge in [0.25, 0.3) is 0 Å². The van der Waals surface area contributed by atoms with Gasteiger partial charge in [0, 0.05) is 13.1 Å². The quantitative estimate of drug-likeness (QED) is 0.823. The molecule has 0 aliphatic rings. The van der Waals surface area contributed by atoms with E-state index in [-0.39, 0.29) is 6.09 Å². The zero-order chi connectivity index (χ0) is 14.1. The Morgan fingerprint density at radius 3 is 2.37 bits per heavy atom. The molecule has 1 rings (SSSR count). The standard InChI is InChI=1S/C15H24N2O2/c1-4-17(5-2)12-14-10-8-7-9-13(14)11-16-15(18)19-6-3/h7-10H,4-6,11-12H2,1-3H3,(H,16,18). The van der Waals surface area contributed by atoms with Crippen LogP contribution in [0, 0.1) is 0 Å². The van der Waals surface area contributed by atoms with Crippen LogP contribution in [-0.2, 0) is 17.8 Å². The molecule has 0 saturated carbocycles. The predicted molar refractivity (Wildman–Crippen MR) is 76.9 cm³/mol. The number of rotatable bonds is 7. The highest BCUT2D eigenvalue weighted by Gasteiger charge is 2.07. The van der Waals surface area contributed by atoms with Crippen LogP contribution in [0.5, 0.6) is 0 Å². The van der Waals surface area contributed by atoms with Crippen LogP contribution in [0.15, 0.2) is 24.3 Å². The highest BCUT2D eigenvalue weighted by Crippen LogP contribution is 2.11. The van der Waals surface area contributed by atoms with Gasteiger partial charge in [0.15, 0.2) is 0 Å². The van der Waals surface area contributed by atoms with Crippen molar-refractivity contribution in [3.8, 4) is 0 Å². The molecule has 1 N–H and O–H groups in total. The van der Waals surface area contributed by atoms with E-state index in [1.54, 1.807) is 6.92 Å². The van der Waals surface area contributed by atoms with E-state index in [1.807, 2.05) is 18.2 Å². The lowest BCUT2D eigenvalue weighted by Crippen LogP contribution is -2.26. The number of carbonyl (C=O) groups excluding carboxylic acids is 1. The van der Waals surface area contributed by atoms with E-state index in [4.69, 9.17) is 4.74 Å². The van der Waals surface area contributed by atoms with Gasteiger partial charge in [-0.1, -0.05) is 38.1 Å². The number of nitrogens with one attached hydrogen (secondary N) is 1. The Bertz CT molecular complexity index is 389. The fourth-order valence-electron chi connectivity index (χ4n) is 1.92. The van der Waals surface area contributed by atoms with Crippen molar-refractivity contribution >= 4 is 6.09 Å². The first-order valence-corrected chi connectivity index (χ1v) is 6.90. The number of carbonyl (C=O) groups is 1. The number of benzene rings is 1. The molecular formula is C15H24N2O2. The Morgan fingerprint density at radius 2 is 1.79 bits per heavy atom. The molecule has 1 aromatic rings. The van der Waals surface area contributed by atoms with Crippen LogP contribution < -0.4 is 5.32 Å². The number of nitrogens with zero attached hydrogens (tertiary/aromatic N) is 1. The average Bonchev–Trinajstić information content (AvgIpc) is 2.44. The minimum absolute atomic E-state index is 0.361. The van der Waals surface area contributed by atoms with Crippen LogP contribution >= 0.6 is 0 Å². The lowest BCUT2D eigenvalue weighted by atomic mass is 10.1. The minimum Gasteiger partial charge on any atom is -0.450 e. The third kappa shape index (κ3) is 5.30. The van der Waals surface area contributed by atoms with Crippen molar-refractivity contribution in [3.05, 3.63) is 35.4 Å². The molecule has 4 nitrogen and oxygen atoms in total. The van der Waals surface area contributed by atoms with Crippen LogP contribution in [0.1, 0.15) is 31.9 Å². The Balaban J connectivity index is 2.64. The largest absolute Gasteiger partial charge is 0.450 e. The fraction of sp³-hybridized carbons (Fsp3) is 0.533. The maximum absolute atomic E-state index is 11.3. The molecule has 0 aliphatic carbocycles. The van der Waals surface area contributed by atoms with Crippen LogP contribution in [0.4, 0.5) is 4.79 Å². The van der Waals surface area contributed by atoms with E-state index in [0.29, 0.717) is 13.2 Å². The van der Waals surface area contributed by atoms with Gasteiger partial charge in [-0.25, -0.2) is 4.79 Å². The highest BCUT2D eigenvalue weighted by atomic mass is 16.5. The number of alkyl carbamates (subject to hydrolysis) is 1. The smallest absolute Gasteiger partial charge is 0.407 e. The van der Waals surface area contributed by atoms with Crippen molar-refractivity contribution in [2.75, 3.05) is 19.7 Å². The van der Waals surface area contributed by atoms with Crippen LogP contribution in [0.25, 0.3) is 0 Å². The number of ether oxygens (including phenoxy) is 1. The van der Waals surface area contributed by atoms with Crippen molar-refractivity contribution in [1.82, 2.24) is 10.2 Å². The third-order valence-corrected chi connectivity index (χ3v) is 3.11. The molecule has 0 saturated heterocycles. The lowest BCUT2D eigenvalue weighted by molar-refractivity contribution is 0.151. The average molecular weight is 264 g/mol. The van der Waals surface area contributed by atoms with Crippen molar-refractivity contribution in [2.45, 2.75) is 33.9 Å². The van der Waals surface area contributed by atoms with Crippen molar-refractivity contribution in [1.29, 1.82) is 0 Å². The number of hydrogen-bond acceptors (Lipinski definition) is 3. The Hall–Kier alpha value is -1.55. The van der Waals surface area contributed by atoms with Crippen LogP contribution in [0.3, 0.4) is 0 Å². The van der Waals surface area contributed by atoms with E-state index in [1.165, 1.54) is 5.56 Å². The second kappa shape index (κ2) is 8.53. The molecule has 1 amide bonds. The minimum atomic E-state index is -0.361. The van der Waals surface area contributed by atoms with Crippen LogP contribution in [0.2, 0.25) is 0 Å². The zero-order valence-electron chi connectivity index (χ0n) is 12.1. The summed E-state index contributed by atoms with van der Waals surface area (Å²) in [6.45, 7) is 9.98. The summed E-state index contributed by atoms with van der Waals surface area (Å²) in [5.41, 5.74) is 2.39. The summed E-state index contributed by atoms with van der Waals surface area (Å²) in [6, 6.07) is 8.19. The lowest BCUT2D eigenvalue weighted by Gasteiger charge is -2.20. The number of hydrogen-bond donors (Lipinski definition) is 1. The van der Waals surface area contributed by atoms with Gasteiger partial charge >= 0.3 is 6.09 Å². The molecule has 0 aromatic heterocycles. The predicted octanol–water partition coefficient (Wildman–Crippen LogP) is 2.77. The SMILES string of the molecule is CCOC(=O)NCc1ccccc1CN(CC)CC. The molecule has 0 fully saturated rings. The van der Waals surface area contributed by atoms with Gasteiger partial charge < -0.3 is 10.1 Å². The van der Waals surface area contributed by atoms with Gasteiger partial charge in [-0.05, 0) is 31.1 Å². The highest BCUT2D eigenvalue weighted by molar-refractivity contribution is 5.67. The van der Waals surface area contributed by atoms with Gasteiger partial charge in [0.05, 0.1) is 6.61 Å². The topological polar surface area (TPSA) is 41.6 Å². The third-order valence-electron chi connectivity index (χ3n) is 3.11. The Morgan fingerprint density at radius 1 is 1.16 bits per heavy atom. The fourth-order valence-corrected chi connectivity index (χ4v) is 1.92. The summed E-state index contributed by atoms with van der Waals surface area (Å²) in [4.78, 5) is 13.7. The molecule has 0 radical (unpaired) electrons. The molecule has 0 atom stereocenters. The molecule has 0 heterocycles. The maximum Gasteiger partial charge on any atom is 0.407 e. The molecule has 1 aromatic carbocycles. The maximum atomic E-state index is 11.3. The summed E-state index contributed by atoms with van der Waals surface area (Å²) in [5, 5.41) is 2.77. The zero-order valence-corrected chi connectivity index (χ0v) is 12.1. The molecule has 0 spiro atoms. The molecule has 106 valence electrons. The summed E-state index contributed by atoms with van der Waals surface area (Å²) >= 11 is 0. The normalized spacial score (nSPS) is 10.5. The summed E-state index contributed by atoms with van der Waals surface area (Å²) < 4.78 is 4.87. The van der Waals surface area contributed by atoms with Crippen LogP contribution in [-0.4, -0.2) is 30.7 Å². The van der Waals surface area contributed by atoms with E-state index < -0.39 is 0 Å². The summed E-state index contributed by atoms with van der Waals surface area (Å²) in [6.07, 6.45) is -0.361. The van der Waals surface area contributed by atoms with Gasteiger partial charge in [-0.2, -0.15) is 0 Å². The summed E-state index contributed by atoms with van der Waals surface area (Å²) in [5.74, 6) is 0. The number of amides is 1. The summed E-state index contributed by atoms with van der Waals surface area (Å²) in [7, 11) is 0. The van der Waals surface area contributed by atoms with Gasteiger partial charge in [0.1, 0.15) is 0 Å². The second-order valence-electron chi connectivity index (χ2n) is 4.30. The molecule has 4 heteroatoms. The van der Waals surface area contributed by atoms with E-state index in [0.717, 1.165) is 25.2 Å². The molecule has 19 heavy (non-hydrogen) atoms. The molecular weight excluding hydrogens is 240 g/mol. The monoisotopic (exact) mass is 264 g/mol. The van der Waals surface area contributed by atoms with Crippen molar-refractivity contribution in [3.63, 3.8) is 0 Å². The van der Waals surface area contributed by atoms with E-state index in [2.05, 4.69) is 30.1 Å². The molecule has 0 aliphatic heterocycles. The van der Waals surface area contributed by atoms with E-state index in [9.17, 15) is 4.79 Å². The van der Waals surface area contributed by atoms with Crippen molar-refractivity contribution in [2.24, 2.45) is 0 Å². The van der Waals surface area contributed by atoms with Crippen molar-refractivity contribution < 1.29 is 9.53 Å². The van der Waals surface area contributed by atoms with Gasteiger partial charge in [-0.3, -0.25) is 4.90 Å². The Kier molecular flexibility index (Phi) is 6.97. The first-order chi connectivity index (χ1) is 9.21. The molecule has 0 unspecified atom stereocenters. The van der Waals surface area contributed by atoms with Gasteiger partial charge in [0.2, 0.25) is 0 Å². The Labute approximate surface area is 115 Å². The van der Waals surface area contributed by atoms with E-state index >= 15 is 0 Å². The van der Waals surface area contributed by atoms with Gasteiger partial charge in [-0.15, -0.1) is 0 Å². The first kappa shape index (κ1) is 15.5. The second-order valence-corrected chi connectivity index (χ2v) is 4.30.